The van der Waals surface area contributed by atoms with E-state index in [0.29, 0.717) is 17.4 Å². The molecule has 6 nitrogen and oxygen atoms in total. The molecule has 2 fully saturated rings. The van der Waals surface area contributed by atoms with Crippen LogP contribution in [-0.2, 0) is 4.74 Å². The minimum absolute atomic E-state index is 0.124. The van der Waals surface area contributed by atoms with Gasteiger partial charge in [-0.15, -0.1) is 0 Å². The summed E-state index contributed by atoms with van der Waals surface area (Å²) < 4.78 is 9.76. The Bertz CT molecular complexity index is 495. The number of nitrogen functional groups attached to an aromatic ring is 1. The molecule has 0 spiro atoms. The van der Waals surface area contributed by atoms with Crippen molar-refractivity contribution >= 4 is 28.3 Å². The maximum atomic E-state index is 12.2. The van der Waals surface area contributed by atoms with Crippen molar-refractivity contribution in [3.05, 3.63) is 5.56 Å². The van der Waals surface area contributed by atoms with E-state index < -0.39 is 0 Å². The molecule has 1 saturated heterocycles. The Hall–Kier alpha value is -1.34. The van der Waals surface area contributed by atoms with Gasteiger partial charge in [-0.25, -0.2) is 0 Å². The molecule has 20 heavy (non-hydrogen) atoms. The first-order chi connectivity index (χ1) is 9.65. The third-order valence-corrected chi connectivity index (χ3v) is 4.53. The number of hydrogen-bond donors (Lipinski definition) is 3. The van der Waals surface area contributed by atoms with Crippen LogP contribution in [0.2, 0.25) is 0 Å². The van der Waals surface area contributed by atoms with E-state index in [-0.39, 0.29) is 18.1 Å². The SMILES string of the molecule is CC(Nc1snc(N)c1C(=O)NC1CC1)C1CCCO1. The standard InChI is InChI=1S/C13H20N4O2S/c1-7(9-3-2-6-19-9)15-13-10(11(14)17-20-13)12(18)16-8-4-5-8/h7-9,15H,2-6H2,1H3,(H2,14,17)(H,16,18). The number of anilines is 2. The van der Waals surface area contributed by atoms with Gasteiger partial charge < -0.3 is 21.1 Å². The molecule has 2 unspecified atom stereocenters. The molecule has 0 aromatic carbocycles. The van der Waals surface area contributed by atoms with Crippen molar-refractivity contribution in [1.29, 1.82) is 0 Å². The fraction of sp³-hybridized carbons (Fsp3) is 0.692. The molecule has 1 saturated carbocycles. The fourth-order valence-corrected chi connectivity index (χ4v) is 3.21. The molecule has 1 aromatic rings. The first kappa shape index (κ1) is 13.6. The van der Waals surface area contributed by atoms with Gasteiger partial charge in [0.1, 0.15) is 10.6 Å². The van der Waals surface area contributed by atoms with Gasteiger partial charge in [-0.05, 0) is 44.1 Å². The van der Waals surface area contributed by atoms with Gasteiger partial charge in [0.2, 0.25) is 0 Å². The lowest BCUT2D eigenvalue weighted by Crippen LogP contribution is -2.31. The van der Waals surface area contributed by atoms with E-state index in [1.54, 1.807) is 0 Å². The molecular formula is C13H20N4O2S. The first-order valence-electron chi connectivity index (χ1n) is 7.09. The summed E-state index contributed by atoms with van der Waals surface area (Å²) in [5.74, 6) is 0.177. The number of rotatable bonds is 5. The first-order valence-corrected chi connectivity index (χ1v) is 7.86. The van der Waals surface area contributed by atoms with Crippen LogP contribution in [0.5, 0.6) is 0 Å². The van der Waals surface area contributed by atoms with Crippen molar-refractivity contribution in [3.63, 3.8) is 0 Å². The summed E-state index contributed by atoms with van der Waals surface area (Å²) in [6.45, 7) is 2.88. The number of nitrogens with zero attached hydrogens (tertiary/aromatic N) is 1. The molecule has 1 aromatic heterocycles. The van der Waals surface area contributed by atoms with Crippen LogP contribution < -0.4 is 16.4 Å². The summed E-state index contributed by atoms with van der Waals surface area (Å²) in [7, 11) is 0. The van der Waals surface area contributed by atoms with E-state index in [9.17, 15) is 4.79 Å². The Labute approximate surface area is 122 Å². The van der Waals surface area contributed by atoms with Crippen molar-refractivity contribution in [1.82, 2.24) is 9.69 Å². The summed E-state index contributed by atoms with van der Waals surface area (Å²) in [6.07, 6.45) is 4.44. The molecule has 4 N–H and O–H groups in total. The van der Waals surface area contributed by atoms with E-state index in [1.807, 2.05) is 0 Å². The van der Waals surface area contributed by atoms with Crippen LogP contribution in [-0.4, -0.2) is 35.1 Å². The predicted molar refractivity (Wildman–Crippen MR) is 79.1 cm³/mol. The number of carbonyl (C=O) groups excluding carboxylic acids is 1. The van der Waals surface area contributed by atoms with Crippen LogP contribution in [0.25, 0.3) is 0 Å². The molecular weight excluding hydrogens is 276 g/mol. The van der Waals surface area contributed by atoms with Gasteiger partial charge in [-0.1, -0.05) is 0 Å². The Morgan fingerprint density at radius 3 is 2.95 bits per heavy atom. The smallest absolute Gasteiger partial charge is 0.258 e. The van der Waals surface area contributed by atoms with E-state index in [2.05, 4.69) is 21.9 Å². The van der Waals surface area contributed by atoms with Crippen molar-refractivity contribution in [3.8, 4) is 0 Å². The number of aromatic nitrogens is 1. The summed E-state index contributed by atoms with van der Waals surface area (Å²) in [5, 5.41) is 7.03. The van der Waals surface area contributed by atoms with Crippen LogP contribution >= 0.6 is 11.5 Å². The van der Waals surface area contributed by atoms with E-state index in [0.717, 1.165) is 37.3 Å². The second-order valence-electron chi connectivity index (χ2n) is 5.50. The number of nitrogens with one attached hydrogen (secondary N) is 2. The van der Waals surface area contributed by atoms with Crippen molar-refractivity contribution in [2.75, 3.05) is 17.7 Å². The Kier molecular flexibility index (Phi) is 3.80. The van der Waals surface area contributed by atoms with Gasteiger partial charge in [0.25, 0.3) is 5.91 Å². The molecule has 2 atom stereocenters. The number of nitrogens with two attached hydrogens (primary N) is 1. The van der Waals surface area contributed by atoms with Gasteiger partial charge in [-0.3, -0.25) is 4.79 Å². The summed E-state index contributed by atoms with van der Waals surface area (Å²) in [4.78, 5) is 12.2. The lowest BCUT2D eigenvalue weighted by atomic mass is 10.1. The zero-order valence-corrected chi connectivity index (χ0v) is 12.3. The highest BCUT2D eigenvalue weighted by atomic mass is 32.1. The Morgan fingerprint density at radius 2 is 2.30 bits per heavy atom. The number of carbonyl (C=O) groups is 1. The molecule has 7 heteroatoms. The van der Waals surface area contributed by atoms with Crippen molar-refractivity contribution in [2.45, 2.75) is 50.8 Å². The number of hydrogen-bond acceptors (Lipinski definition) is 6. The number of amides is 1. The topological polar surface area (TPSA) is 89.3 Å². The van der Waals surface area contributed by atoms with Gasteiger partial charge in [-0.2, -0.15) is 4.37 Å². The van der Waals surface area contributed by atoms with Crippen LogP contribution in [0.4, 0.5) is 10.8 Å². The zero-order valence-electron chi connectivity index (χ0n) is 11.5. The normalized spacial score (nSPS) is 23.6. The molecule has 3 rings (SSSR count). The molecule has 2 heterocycles. The van der Waals surface area contributed by atoms with Crippen molar-refractivity contribution < 1.29 is 9.53 Å². The Morgan fingerprint density at radius 1 is 1.50 bits per heavy atom. The molecule has 2 aliphatic rings. The second kappa shape index (κ2) is 5.57. The Balaban J connectivity index is 1.70. The largest absolute Gasteiger partial charge is 0.382 e. The highest BCUT2D eigenvalue weighted by molar-refractivity contribution is 7.11. The van der Waals surface area contributed by atoms with Crippen molar-refractivity contribution in [2.24, 2.45) is 0 Å². The second-order valence-corrected chi connectivity index (χ2v) is 6.28. The summed E-state index contributed by atoms with van der Waals surface area (Å²) in [5.41, 5.74) is 6.31. The lowest BCUT2D eigenvalue weighted by molar-refractivity contribution is 0.0949. The van der Waals surface area contributed by atoms with Crippen LogP contribution in [0.1, 0.15) is 43.0 Å². The van der Waals surface area contributed by atoms with Gasteiger partial charge in [0, 0.05) is 12.6 Å². The highest BCUT2D eigenvalue weighted by Crippen LogP contribution is 2.30. The molecule has 0 radical (unpaired) electrons. The van der Waals surface area contributed by atoms with Gasteiger partial charge in [0.05, 0.1) is 12.1 Å². The fourth-order valence-electron chi connectivity index (χ4n) is 2.40. The zero-order chi connectivity index (χ0) is 14.1. The maximum Gasteiger partial charge on any atom is 0.258 e. The average molecular weight is 296 g/mol. The monoisotopic (exact) mass is 296 g/mol. The van der Waals surface area contributed by atoms with Crippen LogP contribution in [0, 0.1) is 0 Å². The third kappa shape index (κ3) is 2.88. The van der Waals surface area contributed by atoms with E-state index >= 15 is 0 Å². The van der Waals surface area contributed by atoms with E-state index in [4.69, 9.17) is 10.5 Å². The van der Waals surface area contributed by atoms with Gasteiger partial charge >= 0.3 is 0 Å². The quantitative estimate of drug-likeness (QED) is 0.768. The molecule has 1 amide bonds. The molecule has 1 aliphatic heterocycles. The average Bonchev–Trinajstić information content (AvgIpc) is 2.93. The minimum Gasteiger partial charge on any atom is -0.382 e. The van der Waals surface area contributed by atoms with Crippen LogP contribution in [0.3, 0.4) is 0 Å². The minimum atomic E-state index is -0.124. The van der Waals surface area contributed by atoms with Crippen LogP contribution in [0.15, 0.2) is 0 Å². The lowest BCUT2D eigenvalue weighted by Gasteiger charge is -2.20. The summed E-state index contributed by atoms with van der Waals surface area (Å²) >= 11 is 1.24. The summed E-state index contributed by atoms with van der Waals surface area (Å²) in [6, 6.07) is 0.454. The maximum absolute atomic E-state index is 12.2. The number of ether oxygens (including phenoxy) is 1. The molecule has 1 aliphatic carbocycles. The van der Waals surface area contributed by atoms with Gasteiger partial charge in [0.15, 0.2) is 5.82 Å². The van der Waals surface area contributed by atoms with E-state index in [1.165, 1.54) is 11.5 Å². The molecule has 0 bridgehead atoms. The molecule has 110 valence electrons. The highest BCUT2D eigenvalue weighted by Gasteiger charge is 2.29. The third-order valence-electron chi connectivity index (χ3n) is 3.74. The predicted octanol–water partition coefficient (Wildman–Crippen LogP) is 1.60.